The molecule has 0 atom stereocenters. The standard InChI is InChI=1S/C14H13NO/c15-14-3-1-2-10-6-9-4-5-12(16)7-11(9)8-13(10)14/h3-8,16H,1-2,15H2. The van der Waals surface area contributed by atoms with Gasteiger partial charge in [-0.1, -0.05) is 18.2 Å². The summed E-state index contributed by atoms with van der Waals surface area (Å²) in [6.07, 6.45) is 4.13. The van der Waals surface area contributed by atoms with Gasteiger partial charge in [0.1, 0.15) is 5.75 Å². The summed E-state index contributed by atoms with van der Waals surface area (Å²) in [4.78, 5) is 0. The van der Waals surface area contributed by atoms with Gasteiger partial charge in [-0.15, -0.1) is 0 Å². The van der Waals surface area contributed by atoms with Crippen molar-refractivity contribution in [3.8, 4) is 5.75 Å². The first-order chi connectivity index (χ1) is 7.74. The van der Waals surface area contributed by atoms with Crippen molar-refractivity contribution in [2.45, 2.75) is 12.8 Å². The van der Waals surface area contributed by atoms with Crippen molar-refractivity contribution in [3.63, 3.8) is 0 Å². The predicted octanol–water partition coefficient (Wildman–Crippen LogP) is 2.79. The lowest BCUT2D eigenvalue weighted by Crippen LogP contribution is -2.05. The van der Waals surface area contributed by atoms with E-state index in [1.165, 1.54) is 5.56 Å². The Kier molecular flexibility index (Phi) is 1.90. The lowest BCUT2D eigenvalue weighted by molar-refractivity contribution is 0.476. The fourth-order valence-electron chi connectivity index (χ4n) is 2.30. The molecular formula is C14H13NO. The van der Waals surface area contributed by atoms with E-state index in [0.29, 0.717) is 5.75 Å². The van der Waals surface area contributed by atoms with Crippen molar-refractivity contribution in [2.24, 2.45) is 5.73 Å². The zero-order valence-electron chi connectivity index (χ0n) is 8.90. The number of hydrogen-bond acceptors (Lipinski definition) is 2. The van der Waals surface area contributed by atoms with E-state index in [2.05, 4.69) is 18.2 Å². The Morgan fingerprint density at radius 2 is 1.94 bits per heavy atom. The number of fused-ring (bicyclic) bond motifs is 2. The highest BCUT2D eigenvalue weighted by atomic mass is 16.3. The second-order valence-corrected chi connectivity index (χ2v) is 4.24. The Morgan fingerprint density at radius 1 is 1.06 bits per heavy atom. The number of aromatic hydroxyl groups is 1. The zero-order chi connectivity index (χ0) is 11.1. The topological polar surface area (TPSA) is 46.2 Å². The molecule has 0 heterocycles. The molecule has 0 saturated carbocycles. The van der Waals surface area contributed by atoms with Gasteiger partial charge in [0.2, 0.25) is 0 Å². The minimum absolute atomic E-state index is 0.297. The van der Waals surface area contributed by atoms with Gasteiger partial charge in [-0.2, -0.15) is 0 Å². The molecule has 1 aliphatic rings. The van der Waals surface area contributed by atoms with Crippen LogP contribution < -0.4 is 5.73 Å². The number of hydrogen-bond donors (Lipinski definition) is 2. The normalized spacial score (nSPS) is 14.6. The number of phenols is 1. The average Bonchev–Trinajstić information content (AvgIpc) is 2.28. The first kappa shape index (κ1) is 9.28. The number of aryl methyl sites for hydroxylation is 1. The average molecular weight is 211 g/mol. The molecule has 0 radical (unpaired) electrons. The molecule has 80 valence electrons. The van der Waals surface area contributed by atoms with E-state index in [-0.39, 0.29) is 0 Å². The summed E-state index contributed by atoms with van der Waals surface area (Å²) >= 11 is 0. The van der Waals surface area contributed by atoms with Crippen LogP contribution >= 0.6 is 0 Å². The van der Waals surface area contributed by atoms with Gasteiger partial charge in [-0.25, -0.2) is 0 Å². The van der Waals surface area contributed by atoms with E-state index >= 15 is 0 Å². The molecule has 2 aromatic carbocycles. The molecule has 16 heavy (non-hydrogen) atoms. The number of phenolic OH excluding ortho intramolecular Hbond substituents is 1. The highest BCUT2D eigenvalue weighted by Gasteiger charge is 2.11. The molecule has 2 nitrogen and oxygen atoms in total. The van der Waals surface area contributed by atoms with E-state index in [1.54, 1.807) is 12.1 Å². The molecule has 3 rings (SSSR count). The summed E-state index contributed by atoms with van der Waals surface area (Å²) in [5.74, 6) is 0.297. The van der Waals surface area contributed by atoms with Crippen LogP contribution in [-0.4, -0.2) is 5.11 Å². The lowest BCUT2D eigenvalue weighted by atomic mass is 9.92. The van der Waals surface area contributed by atoms with Crippen LogP contribution in [0.1, 0.15) is 17.5 Å². The maximum atomic E-state index is 9.45. The molecule has 0 unspecified atom stereocenters. The Bertz CT molecular complexity index is 599. The fraction of sp³-hybridized carbons (Fsp3) is 0.143. The zero-order valence-corrected chi connectivity index (χ0v) is 8.90. The number of allylic oxidation sites excluding steroid dienone is 1. The molecule has 0 bridgehead atoms. The number of benzene rings is 2. The van der Waals surface area contributed by atoms with Crippen molar-refractivity contribution in [1.29, 1.82) is 0 Å². The Balaban J connectivity index is 2.32. The quantitative estimate of drug-likeness (QED) is 0.703. The van der Waals surface area contributed by atoms with Crippen LogP contribution in [0.15, 0.2) is 36.4 Å². The van der Waals surface area contributed by atoms with Gasteiger partial charge in [-0.05, 0) is 47.4 Å². The maximum absolute atomic E-state index is 9.45. The van der Waals surface area contributed by atoms with E-state index in [9.17, 15) is 5.11 Å². The van der Waals surface area contributed by atoms with Gasteiger partial charge in [-0.3, -0.25) is 0 Å². The van der Waals surface area contributed by atoms with Crippen molar-refractivity contribution < 1.29 is 5.11 Å². The first-order valence-corrected chi connectivity index (χ1v) is 5.46. The fourth-order valence-corrected chi connectivity index (χ4v) is 2.30. The van der Waals surface area contributed by atoms with Crippen molar-refractivity contribution in [2.75, 3.05) is 0 Å². The Hall–Kier alpha value is -1.96. The highest BCUT2D eigenvalue weighted by molar-refractivity contribution is 5.89. The van der Waals surface area contributed by atoms with E-state index in [0.717, 1.165) is 34.9 Å². The summed E-state index contributed by atoms with van der Waals surface area (Å²) in [6.45, 7) is 0. The molecule has 2 heteroatoms. The lowest BCUT2D eigenvalue weighted by Gasteiger charge is -2.15. The molecule has 0 amide bonds. The van der Waals surface area contributed by atoms with Crippen molar-refractivity contribution in [3.05, 3.63) is 47.5 Å². The second-order valence-electron chi connectivity index (χ2n) is 4.24. The monoisotopic (exact) mass is 211 g/mol. The van der Waals surface area contributed by atoms with E-state index in [1.807, 2.05) is 6.07 Å². The molecule has 0 aromatic heterocycles. The van der Waals surface area contributed by atoms with Gasteiger partial charge in [0.25, 0.3) is 0 Å². The minimum Gasteiger partial charge on any atom is -0.508 e. The molecule has 0 saturated heterocycles. The molecule has 3 N–H and O–H groups in total. The van der Waals surface area contributed by atoms with Gasteiger partial charge in [0.05, 0.1) is 0 Å². The number of nitrogens with two attached hydrogens (primary N) is 1. The molecular weight excluding hydrogens is 198 g/mol. The van der Waals surface area contributed by atoms with Crippen LogP contribution in [0.2, 0.25) is 0 Å². The van der Waals surface area contributed by atoms with Gasteiger partial charge >= 0.3 is 0 Å². The van der Waals surface area contributed by atoms with E-state index in [4.69, 9.17) is 5.73 Å². The van der Waals surface area contributed by atoms with Crippen LogP contribution in [0.3, 0.4) is 0 Å². The molecule has 2 aromatic rings. The van der Waals surface area contributed by atoms with Crippen LogP contribution in [0.4, 0.5) is 0 Å². The summed E-state index contributed by atoms with van der Waals surface area (Å²) in [5, 5.41) is 11.7. The third-order valence-electron chi connectivity index (χ3n) is 3.13. The summed E-state index contributed by atoms with van der Waals surface area (Å²) in [5.41, 5.74) is 9.25. The summed E-state index contributed by atoms with van der Waals surface area (Å²) in [6, 6.07) is 9.67. The van der Waals surface area contributed by atoms with Gasteiger partial charge in [0, 0.05) is 11.3 Å². The van der Waals surface area contributed by atoms with Gasteiger partial charge < -0.3 is 10.8 Å². The highest BCUT2D eigenvalue weighted by Crippen LogP contribution is 2.29. The third kappa shape index (κ3) is 1.34. The van der Waals surface area contributed by atoms with Crippen molar-refractivity contribution in [1.82, 2.24) is 0 Å². The SMILES string of the molecule is NC1=CCCc2cc3ccc(O)cc3cc21. The smallest absolute Gasteiger partial charge is 0.116 e. The molecule has 0 aliphatic heterocycles. The molecule has 0 spiro atoms. The van der Waals surface area contributed by atoms with Crippen LogP contribution in [0, 0.1) is 0 Å². The molecule has 1 aliphatic carbocycles. The van der Waals surface area contributed by atoms with Crippen molar-refractivity contribution >= 4 is 16.5 Å². The largest absolute Gasteiger partial charge is 0.508 e. The summed E-state index contributed by atoms with van der Waals surface area (Å²) < 4.78 is 0. The Labute approximate surface area is 94.0 Å². The van der Waals surface area contributed by atoms with Crippen LogP contribution in [0.25, 0.3) is 16.5 Å². The maximum Gasteiger partial charge on any atom is 0.116 e. The summed E-state index contributed by atoms with van der Waals surface area (Å²) in [7, 11) is 0. The van der Waals surface area contributed by atoms with E-state index < -0.39 is 0 Å². The first-order valence-electron chi connectivity index (χ1n) is 5.46. The number of rotatable bonds is 0. The second kappa shape index (κ2) is 3.27. The molecule has 0 fully saturated rings. The third-order valence-corrected chi connectivity index (χ3v) is 3.13. The Morgan fingerprint density at radius 3 is 2.81 bits per heavy atom. The minimum atomic E-state index is 0.297. The van der Waals surface area contributed by atoms with Crippen LogP contribution in [-0.2, 0) is 6.42 Å². The van der Waals surface area contributed by atoms with Crippen LogP contribution in [0.5, 0.6) is 5.75 Å². The van der Waals surface area contributed by atoms with Gasteiger partial charge in [0.15, 0.2) is 0 Å². The predicted molar refractivity (Wildman–Crippen MR) is 66.1 cm³/mol.